The molecule has 0 heterocycles. The van der Waals surface area contributed by atoms with Crippen molar-refractivity contribution in [1.29, 1.82) is 0 Å². The molecule has 7 heteroatoms. The minimum atomic E-state index is -4.72. The van der Waals surface area contributed by atoms with E-state index in [0.29, 0.717) is 6.07 Å². The maximum atomic E-state index is 12.5. The second-order valence-corrected chi connectivity index (χ2v) is 3.05. The Morgan fingerprint density at radius 3 is 2.53 bits per heavy atom. The zero-order valence-corrected chi connectivity index (χ0v) is 8.32. The number of ether oxygens (including phenoxy) is 1. The summed E-state index contributed by atoms with van der Waals surface area (Å²) in [5.74, 6) is -2.01. The van der Waals surface area contributed by atoms with Crippen LogP contribution in [0.15, 0.2) is 18.2 Å². The van der Waals surface area contributed by atoms with Crippen molar-refractivity contribution in [3.05, 3.63) is 29.3 Å². The van der Waals surface area contributed by atoms with Gasteiger partial charge in [0.15, 0.2) is 6.61 Å². The third kappa shape index (κ3) is 3.47. The number of rotatable bonds is 4. The summed E-state index contributed by atoms with van der Waals surface area (Å²) < 4.78 is 42.1. The van der Waals surface area contributed by atoms with Crippen LogP contribution in [0.25, 0.3) is 0 Å². The Morgan fingerprint density at radius 2 is 2.06 bits per heavy atom. The molecule has 0 radical (unpaired) electrons. The van der Waals surface area contributed by atoms with Crippen LogP contribution in [-0.4, -0.2) is 24.0 Å². The van der Waals surface area contributed by atoms with Gasteiger partial charge in [-0.15, -0.1) is 0 Å². The molecule has 0 saturated heterocycles. The van der Waals surface area contributed by atoms with E-state index < -0.39 is 30.1 Å². The number of aliphatic carboxylic acids is 1. The highest BCUT2D eigenvalue weighted by molar-refractivity contribution is 5.76. The van der Waals surface area contributed by atoms with Gasteiger partial charge in [0, 0.05) is 5.56 Å². The molecule has 1 rings (SSSR count). The molecule has 0 atom stereocenters. The lowest BCUT2D eigenvalue weighted by molar-refractivity contribution is -0.143. The second-order valence-electron chi connectivity index (χ2n) is 3.05. The average molecular weight is 248 g/mol. The smallest absolute Gasteiger partial charge is 0.419 e. The maximum absolute atomic E-state index is 12.5. The number of hydrogen-bond acceptors (Lipinski definition) is 3. The summed E-state index contributed by atoms with van der Waals surface area (Å²) >= 11 is 0. The Kier molecular flexibility index (Phi) is 3.72. The predicted molar refractivity (Wildman–Crippen MR) is 50.0 cm³/mol. The number of alkyl halides is 3. The molecule has 0 aliphatic rings. The first-order chi connectivity index (χ1) is 7.84. The highest BCUT2D eigenvalue weighted by atomic mass is 19.4. The molecule has 0 unspecified atom stereocenters. The predicted octanol–water partition coefficient (Wildman–Crippen LogP) is 1.98. The van der Waals surface area contributed by atoms with Crippen molar-refractivity contribution < 1.29 is 32.6 Å². The molecule has 0 fully saturated rings. The van der Waals surface area contributed by atoms with E-state index in [1.54, 1.807) is 0 Å². The van der Waals surface area contributed by atoms with Gasteiger partial charge in [-0.1, -0.05) is 0 Å². The monoisotopic (exact) mass is 248 g/mol. The fourth-order valence-electron chi connectivity index (χ4n) is 1.11. The van der Waals surface area contributed by atoms with E-state index in [1.165, 1.54) is 0 Å². The quantitative estimate of drug-likeness (QED) is 0.827. The van der Waals surface area contributed by atoms with Gasteiger partial charge in [0.1, 0.15) is 12.0 Å². The van der Waals surface area contributed by atoms with Crippen molar-refractivity contribution in [2.75, 3.05) is 6.61 Å². The van der Waals surface area contributed by atoms with E-state index in [1.807, 2.05) is 0 Å². The summed E-state index contributed by atoms with van der Waals surface area (Å²) in [6.07, 6.45) is -4.46. The molecule has 4 nitrogen and oxygen atoms in total. The molecular formula is C10H7F3O4. The largest absolute Gasteiger partial charge is 0.481 e. The van der Waals surface area contributed by atoms with Crippen molar-refractivity contribution in [2.45, 2.75) is 6.18 Å². The molecule has 0 bridgehead atoms. The molecule has 0 aliphatic carbocycles. The topological polar surface area (TPSA) is 63.6 Å². The number of carboxylic acid groups (broad SMARTS) is 1. The van der Waals surface area contributed by atoms with Crippen molar-refractivity contribution in [2.24, 2.45) is 0 Å². The van der Waals surface area contributed by atoms with Crippen LogP contribution >= 0.6 is 0 Å². The van der Waals surface area contributed by atoms with Gasteiger partial charge in [-0.25, -0.2) is 4.79 Å². The molecule has 0 aliphatic heterocycles. The molecule has 17 heavy (non-hydrogen) atoms. The Balaban J connectivity index is 3.11. The van der Waals surface area contributed by atoms with Crippen LogP contribution in [0.4, 0.5) is 13.2 Å². The normalized spacial score (nSPS) is 11.0. The summed E-state index contributed by atoms with van der Waals surface area (Å²) in [7, 11) is 0. The SMILES string of the molecule is O=Cc1ccc(OCC(=O)O)c(C(F)(F)F)c1. The molecule has 0 aromatic heterocycles. The van der Waals surface area contributed by atoms with Crippen molar-refractivity contribution in [3.63, 3.8) is 0 Å². The number of carbonyl (C=O) groups excluding carboxylic acids is 1. The number of carboxylic acids is 1. The van der Waals surface area contributed by atoms with Crippen molar-refractivity contribution >= 4 is 12.3 Å². The summed E-state index contributed by atoms with van der Waals surface area (Å²) in [6, 6.07) is 2.62. The van der Waals surface area contributed by atoms with Crippen molar-refractivity contribution in [3.8, 4) is 5.75 Å². The number of hydrogen-bond donors (Lipinski definition) is 1. The van der Waals surface area contributed by atoms with E-state index in [9.17, 15) is 22.8 Å². The Bertz CT molecular complexity index is 440. The molecule has 0 amide bonds. The Morgan fingerprint density at radius 1 is 1.41 bits per heavy atom. The van der Waals surface area contributed by atoms with Crippen LogP contribution in [0.1, 0.15) is 15.9 Å². The third-order valence-corrected chi connectivity index (χ3v) is 1.80. The first kappa shape index (κ1) is 13.0. The highest BCUT2D eigenvalue weighted by Gasteiger charge is 2.34. The Hall–Kier alpha value is -2.05. The highest BCUT2D eigenvalue weighted by Crippen LogP contribution is 2.36. The Labute approximate surface area is 93.6 Å². The summed E-state index contributed by atoms with van der Waals surface area (Å²) in [6.45, 7) is -0.885. The second kappa shape index (κ2) is 4.86. The fraction of sp³-hybridized carbons (Fsp3) is 0.200. The molecular weight excluding hydrogens is 241 g/mol. The van der Waals surface area contributed by atoms with Gasteiger partial charge in [-0.2, -0.15) is 13.2 Å². The zero-order valence-electron chi connectivity index (χ0n) is 8.32. The van der Waals surface area contributed by atoms with Gasteiger partial charge in [0.25, 0.3) is 0 Å². The first-order valence-electron chi connectivity index (χ1n) is 4.35. The third-order valence-electron chi connectivity index (χ3n) is 1.80. The van der Waals surface area contributed by atoms with Crippen LogP contribution in [0.3, 0.4) is 0 Å². The number of carbonyl (C=O) groups is 2. The molecule has 1 N–H and O–H groups in total. The lowest BCUT2D eigenvalue weighted by atomic mass is 10.1. The van der Waals surface area contributed by atoms with E-state index in [0.717, 1.165) is 12.1 Å². The van der Waals surface area contributed by atoms with Gasteiger partial charge < -0.3 is 9.84 Å². The molecule has 1 aromatic carbocycles. The lowest BCUT2D eigenvalue weighted by Crippen LogP contribution is -2.14. The van der Waals surface area contributed by atoms with Crippen LogP contribution in [0, 0.1) is 0 Å². The van der Waals surface area contributed by atoms with Crippen LogP contribution in [0.2, 0.25) is 0 Å². The zero-order chi connectivity index (χ0) is 13.1. The van der Waals surface area contributed by atoms with Crippen LogP contribution in [0.5, 0.6) is 5.75 Å². The maximum Gasteiger partial charge on any atom is 0.419 e. The van der Waals surface area contributed by atoms with Crippen LogP contribution < -0.4 is 4.74 Å². The minimum Gasteiger partial charge on any atom is -0.481 e. The van der Waals surface area contributed by atoms with E-state index in [-0.39, 0.29) is 11.8 Å². The standard InChI is InChI=1S/C10H7F3O4/c11-10(12,13)7-3-6(4-14)1-2-8(7)17-5-9(15)16/h1-4H,5H2,(H,15,16). The van der Waals surface area contributed by atoms with E-state index in [4.69, 9.17) is 5.11 Å². The molecule has 0 spiro atoms. The molecule has 0 saturated carbocycles. The van der Waals surface area contributed by atoms with Gasteiger partial charge >= 0.3 is 12.1 Å². The van der Waals surface area contributed by atoms with E-state index in [2.05, 4.69) is 4.74 Å². The molecule has 1 aromatic rings. The lowest BCUT2D eigenvalue weighted by Gasteiger charge is -2.13. The van der Waals surface area contributed by atoms with Crippen LogP contribution in [-0.2, 0) is 11.0 Å². The number of halogens is 3. The average Bonchev–Trinajstić information content (AvgIpc) is 2.24. The van der Waals surface area contributed by atoms with Gasteiger partial charge in [0.2, 0.25) is 0 Å². The minimum absolute atomic E-state index is 0.167. The van der Waals surface area contributed by atoms with Crippen molar-refractivity contribution in [1.82, 2.24) is 0 Å². The number of benzene rings is 1. The van der Waals surface area contributed by atoms with Gasteiger partial charge in [0.05, 0.1) is 5.56 Å². The summed E-state index contributed by atoms with van der Waals surface area (Å²) in [5.41, 5.74) is -1.34. The summed E-state index contributed by atoms with van der Waals surface area (Å²) in [5, 5.41) is 8.31. The first-order valence-corrected chi connectivity index (χ1v) is 4.35. The number of aldehydes is 1. The summed E-state index contributed by atoms with van der Waals surface area (Å²) in [4.78, 5) is 20.6. The van der Waals surface area contributed by atoms with Gasteiger partial charge in [-0.05, 0) is 18.2 Å². The van der Waals surface area contributed by atoms with E-state index >= 15 is 0 Å². The fourth-order valence-corrected chi connectivity index (χ4v) is 1.11. The molecule has 92 valence electrons. The van der Waals surface area contributed by atoms with Gasteiger partial charge in [-0.3, -0.25) is 4.79 Å².